The standard InChI is InChI=1S/C14H22N2O2/c15-7-6-14(17)11-3-1-5-13(9-11)18-10-12-4-2-8-16-12/h1,3,5,9,12,14,16-17H,2,4,6-8,10,15H2. The lowest BCUT2D eigenvalue weighted by atomic mass is 10.1. The van der Waals surface area contributed by atoms with Gasteiger partial charge in [0, 0.05) is 6.04 Å². The quantitative estimate of drug-likeness (QED) is 0.709. The Morgan fingerprint density at radius 2 is 2.39 bits per heavy atom. The number of hydrogen-bond acceptors (Lipinski definition) is 4. The molecule has 4 heteroatoms. The van der Waals surface area contributed by atoms with Gasteiger partial charge in [-0.2, -0.15) is 0 Å². The van der Waals surface area contributed by atoms with Crippen molar-refractivity contribution in [1.82, 2.24) is 5.32 Å². The molecule has 4 nitrogen and oxygen atoms in total. The van der Waals surface area contributed by atoms with Gasteiger partial charge < -0.3 is 20.9 Å². The first-order valence-electron chi connectivity index (χ1n) is 6.64. The van der Waals surface area contributed by atoms with E-state index in [1.54, 1.807) is 0 Å². The molecule has 18 heavy (non-hydrogen) atoms. The zero-order chi connectivity index (χ0) is 12.8. The molecule has 1 aromatic carbocycles. The third-order valence-electron chi connectivity index (χ3n) is 3.30. The van der Waals surface area contributed by atoms with Crippen LogP contribution in [0.15, 0.2) is 24.3 Å². The molecule has 0 aromatic heterocycles. The fourth-order valence-corrected chi connectivity index (χ4v) is 2.23. The highest BCUT2D eigenvalue weighted by molar-refractivity contribution is 5.30. The predicted molar refractivity (Wildman–Crippen MR) is 71.6 cm³/mol. The van der Waals surface area contributed by atoms with Gasteiger partial charge in [-0.1, -0.05) is 12.1 Å². The lowest BCUT2D eigenvalue weighted by molar-refractivity contribution is 0.169. The summed E-state index contributed by atoms with van der Waals surface area (Å²) in [7, 11) is 0. The van der Waals surface area contributed by atoms with Crippen molar-refractivity contribution in [3.05, 3.63) is 29.8 Å². The molecule has 1 aliphatic heterocycles. The van der Waals surface area contributed by atoms with Crippen molar-refractivity contribution in [1.29, 1.82) is 0 Å². The van der Waals surface area contributed by atoms with E-state index >= 15 is 0 Å². The molecule has 2 rings (SSSR count). The van der Waals surface area contributed by atoms with Crippen LogP contribution in [0.2, 0.25) is 0 Å². The van der Waals surface area contributed by atoms with Crippen molar-refractivity contribution < 1.29 is 9.84 Å². The summed E-state index contributed by atoms with van der Waals surface area (Å²) >= 11 is 0. The van der Waals surface area contributed by atoms with Gasteiger partial charge in [0.2, 0.25) is 0 Å². The Labute approximate surface area is 108 Å². The van der Waals surface area contributed by atoms with E-state index in [9.17, 15) is 5.11 Å². The molecule has 0 amide bonds. The number of nitrogens with one attached hydrogen (secondary N) is 1. The summed E-state index contributed by atoms with van der Waals surface area (Å²) in [5, 5.41) is 13.3. The number of benzene rings is 1. The SMILES string of the molecule is NCCC(O)c1cccc(OCC2CCCN2)c1. The Kier molecular flexibility index (Phi) is 4.99. The summed E-state index contributed by atoms with van der Waals surface area (Å²) in [5.41, 5.74) is 6.32. The second-order valence-electron chi connectivity index (χ2n) is 4.77. The maximum Gasteiger partial charge on any atom is 0.119 e. The Bertz CT molecular complexity index is 365. The second-order valence-corrected chi connectivity index (χ2v) is 4.77. The fraction of sp³-hybridized carbons (Fsp3) is 0.571. The molecule has 0 spiro atoms. The van der Waals surface area contributed by atoms with Gasteiger partial charge in [0.05, 0.1) is 6.10 Å². The monoisotopic (exact) mass is 250 g/mol. The zero-order valence-corrected chi connectivity index (χ0v) is 10.6. The Morgan fingerprint density at radius 3 is 3.11 bits per heavy atom. The molecule has 0 saturated carbocycles. The van der Waals surface area contributed by atoms with Gasteiger partial charge in [0.1, 0.15) is 12.4 Å². The summed E-state index contributed by atoms with van der Waals surface area (Å²) in [6.45, 7) is 2.26. The van der Waals surface area contributed by atoms with Crippen LogP contribution in [0, 0.1) is 0 Å². The Morgan fingerprint density at radius 1 is 1.50 bits per heavy atom. The minimum Gasteiger partial charge on any atom is -0.492 e. The molecule has 4 N–H and O–H groups in total. The topological polar surface area (TPSA) is 67.5 Å². The normalized spacial score (nSPS) is 20.9. The maximum absolute atomic E-state index is 9.88. The zero-order valence-electron chi connectivity index (χ0n) is 10.6. The van der Waals surface area contributed by atoms with E-state index in [1.165, 1.54) is 12.8 Å². The number of aliphatic hydroxyl groups is 1. The molecule has 2 unspecified atom stereocenters. The van der Waals surface area contributed by atoms with Crippen molar-refractivity contribution in [3.8, 4) is 5.75 Å². The summed E-state index contributed by atoms with van der Waals surface area (Å²) in [6.07, 6.45) is 2.48. The van der Waals surface area contributed by atoms with E-state index in [0.29, 0.717) is 25.6 Å². The molecule has 1 saturated heterocycles. The third kappa shape index (κ3) is 3.70. The lowest BCUT2D eigenvalue weighted by Gasteiger charge is -2.14. The smallest absolute Gasteiger partial charge is 0.119 e. The molecule has 1 fully saturated rings. The number of nitrogens with two attached hydrogens (primary N) is 1. The van der Waals surface area contributed by atoms with E-state index in [0.717, 1.165) is 17.9 Å². The number of rotatable bonds is 6. The maximum atomic E-state index is 9.88. The van der Waals surface area contributed by atoms with Crippen LogP contribution >= 0.6 is 0 Å². The minimum absolute atomic E-state index is 0.461. The Hall–Kier alpha value is -1.10. The lowest BCUT2D eigenvalue weighted by Crippen LogP contribution is -2.28. The number of ether oxygens (including phenoxy) is 1. The molecule has 2 atom stereocenters. The molecule has 1 aromatic rings. The second kappa shape index (κ2) is 6.73. The van der Waals surface area contributed by atoms with Gasteiger partial charge in [-0.3, -0.25) is 0 Å². The molecule has 0 aliphatic carbocycles. The average Bonchev–Trinajstić information content (AvgIpc) is 2.90. The molecule has 0 radical (unpaired) electrons. The fourth-order valence-electron chi connectivity index (χ4n) is 2.23. The van der Waals surface area contributed by atoms with Crippen LogP contribution in [0.25, 0.3) is 0 Å². The predicted octanol–water partition coefficient (Wildman–Crippen LogP) is 1.20. The van der Waals surface area contributed by atoms with Crippen molar-refractivity contribution in [2.75, 3.05) is 19.7 Å². The highest BCUT2D eigenvalue weighted by atomic mass is 16.5. The van der Waals surface area contributed by atoms with Crippen LogP contribution in [0.1, 0.15) is 30.9 Å². The largest absolute Gasteiger partial charge is 0.492 e. The highest BCUT2D eigenvalue weighted by Gasteiger charge is 2.14. The summed E-state index contributed by atoms with van der Waals surface area (Å²) in [6, 6.07) is 8.10. The summed E-state index contributed by atoms with van der Waals surface area (Å²) < 4.78 is 5.75. The number of hydrogen-bond donors (Lipinski definition) is 3. The van der Waals surface area contributed by atoms with Crippen LogP contribution < -0.4 is 15.8 Å². The van der Waals surface area contributed by atoms with Gasteiger partial charge in [0.25, 0.3) is 0 Å². The van der Waals surface area contributed by atoms with Crippen LogP contribution in [0.3, 0.4) is 0 Å². The van der Waals surface area contributed by atoms with Gasteiger partial charge in [-0.15, -0.1) is 0 Å². The third-order valence-corrected chi connectivity index (χ3v) is 3.30. The van der Waals surface area contributed by atoms with Gasteiger partial charge in [0.15, 0.2) is 0 Å². The first-order chi connectivity index (χ1) is 8.79. The van der Waals surface area contributed by atoms with E-state index < -0.39 is 6.10 Å². The van der Waals surface area contributed by atoms with Gasteiger partial charge in [-0.25, -0.2) is 0 Å². The minimum atomic E-state index is -0.497. The van der Waals surface area contributed by atoms with Crippen molar-refractivity contribution in [2.45, 2.75) is 31.4 Å². The highest BCUT2D eigenvalue weighted by Crippen LogP contribution is 2.21. The van der Waals surface area contributed by atoms with Crippen LogP contribution in [-0.2, 0) is 0 Å². The average molecular weight is 250 g/mol. The molecular formula is C14H22N2O2. The molecule has 100 valence electrons. The number of aliphatic hydroxyl groups excluding tert-OH is 1. The van der Waals surface area contributed by atoms with Crippen molar-refractivity contribution in [3.63, 3.8) is 0 Å². The van der Waals surface area contributed by atoms with E-state index in [1.807, 2.05) is 24.3 Å². The molecule has 0 bridgehead atoms. The van der Waals surface area contributed by atoms with E-state index in [-0.39, 0.29) is 0 Å². The van der Waals surface area contributed by atoms with Crippen molar-refractivity contribution in [2.24, 2.45) is 5.73 Å². The van der Waals surface area contributed by atoms with Crippen LogP contribution in [-0.4, -0.2) is 30.8 Å². The van der Waals surface area contributed by atoms with Gasteiger partial charge in [-0.05, 0) is 50.0 Å². The molecule has 1 aliphatic rings. The van der Waals surface area contributed by atoms with Crippen LogP contribution in [0.4, 0.5) is 0 Å². The molecular weight excluding hydrogens is 228 g/mol. The summed E-state index contributed by atoms with van der Waals surface area (Å²) in [5.74, 6) is 0.817. The first kappa shape index (κ1) is 13.3. The van der Waals surface area contributed by atoms with E-state index in [4.69, 9.17) is 10.5 Å². The first-order valence-corrected chi connectivity index (χ1v) is 6.64. The van der Waals surface area contributed by atoms with Crippen molar-refractivity contribution >= 4 is 0 Å². The Balaban J connectivity index is 1.89. The molecule has 1 heterocycles. The summed E-state index contributed by atoms with van der Waals surface area (Å²) in [4.78, 5) is 0. The van der Waals surface area contributed by atoms with E-state index in [2.05, 4.69) is 5.32 Å². The van der Waals surface area contributed by atoms with Gasteiger partial charge >= 0.3 is 0 Å². The van der Waals surface area contributed by atoms with Crippen LogP contribution in [0.5, 0.6) is 5.75 Å².